The molecule has 0 spiro atoms. The minimum atomic E-state index is -1.52. The number of phenols is 1. The van der Waals surface area contributed by atoms with Crippen molar-refractivity contribution < 1.29 is 5.11 Å². The Hall–Kier alpha value is -0.763. The van der Waals surface area contributed by atoms with Gasteiger partial charge in [0.15, 0.2) is 0 Å². The van der Waals surface area contributed by atoms with E-state index in [1.807, 2.05) is 12.1 Å². The van der Waals surface area contributed by atoms with Crippen LogP contribution in [0.5, 0.6) is 5.75 Å². The molecule has 1 N–H and O–H groups in total. The van der Waals surface area contributed by atoms with Crippen LogP contribution in [-0.2, 0) is 0 Å². The number of hydrogen-bond acceptors (Lipinski definition) is 2. The molecule has 2 rings (SSSR count). The highest BCUT2D eigenvalue weighted by atomic mass is 32.1. The topological polar surface area (TPSA) is 20.2 Å². The van der Waals surface area contributed by atoms with Gasteiger partial charge in [-0.1, -0.05) is 70.7 Å². The van der Waals surface area contributed by atoms with Crippen LogP contribution in [0, 0.1) is 0 Å². The van der Waals surface area contributed by atoms with Crippen molar-refractivity contribution in [2.45, 2.75) is 31.8 Å². The van der Waals surface area contributed by atoms with E-state index in [9.17, 15) is 5.11 Å². The van der Waals surface area contributed by atoms with Crippen molar-refractivity contribution in [1.82, 2.24) is 0 Å². The lowest BCUT2D eigenvalue weighted by Crippen LogP contribution is -2.39. The highest BCUT2D eigenvalue weighted by Crippen LogP contribution is 2.25. The first kappa shape index (κ1) is 16.6. The summed E-state index contributed by atoms with van der Waals surface area (Å²) < 4.78 is 0. The summed E-state index contributed by atoms with van der Waals surface area (Å²) in [6.07, 6.45) is 0. The molecule has 21 heavy (non-hydrogen) atoms. The van der Waals surface area contributed by atoms with Gasteiger partial charge < -0.3 is 5.11 Å². The lowest BCUT2D eigenvalue weighted by atomic mass is 10.2. The summed E-state index contributed by atoms with van der Waals surface area (Å²) in [7, 11) is -1.06. The van der Waals surface area contributed by atoms with E-state index in [1.54, 1.807) is 0 Å². The van der Waals surface area contributed by atoms with Gasteiger partial charge in [0.2, 0.25) is 0 Å². The first-order valence-corrected chi connectivity index (χ1v) is 12.2. The molecule has 0 amide bonds. The smallest absolute Gasteiger partial charge is 0.122 e. The molecule has 2 aromatic carbocycles. The van der Waals surface area contributed by atoms with E-state index in [0.717, 1.165) is 10.5 Å². The van der Waals surface area contributed by atoms with Crippen molar-refractivity contribution in [2.75, 3.05) is 0 Å². The molecular formula is C17H23OPSSi. The van der Waals surface area contributed by atoms with Crippen molar-refractivity contribution in [3.63, 3.8) is 0 Å². The van der Waals surface area contributed by atoms with E-state index >= 15 is 0 Å². The maximum Gasteiger partial charge on any atom is 0.122 e. The largest absolute Gasteiger partial charge is 0.507 e. The molecule has 1 nitrogen and oxygen atoms in total. The maximum atomic E-state index is 10.6. The van der Waals surface area contributed by atoms with Gasteiger partial charge in [0, 0.05) is 10.6 Å². The molecule has 4 heteroatoms. The van der Waals surface area contributed by atoms with Crippen LogP contribution in [0.4, 0.5) is 0 Å². The number of para-hydroxylation sites is 1. The van der Waals surface area contributed by atoms with Crippen molar-refractivity contribution >= 4 is 45.1 Å². The molecule has 0 bridgehead atoms. The molecule has 0 aliphatic carbocycles. The fourth-order valence-electron chi connectivity index (χ4n) is 2.37. The summed E-state index contributed by atoms with van der Waals surface area (Å²) in [5.74, 6) is 0.497. The number of rotatable bonds is 4. The van der Waals surface area contributed by atoms with Crippen LogP contribution in [0.25, 0.3) is 0 Å². The molecule has 2 aromatic rings. The van der Waals surface area contributed by atoms with E-state index < -0.39 is 8.07 Å². The van der Waals surface area contributed by atoms with Gasteiger partial charge in [-0.2, -0.15) is 12.6 Å². The Bertz CT molecular complexity index is 635. The van der Waals surface area contributed by atoms with Crippen LogP contribution in [-0.4, -0.2) is 13.2 Å². The molecular weight excluding hydrogens is 311 g/mol. The third kappa shape index (κ3) is 3.91. The standard InChI is InChI=1S/C17H23OPSSi/c1-12(20)13-8-5-6-9-14(13)19-15-10-7-11-16(17(15)18)21(2,3)4/h5-12,18-20H,1-4H3. The Morgan fingerprint density at radius 2 is 1.62 bits per heavy atom. The zero-order chi connectivity index (χ0) is 15.6. The van der Waals surface area contributed by atoms with Gasteiger partial charge >= 0.3 is 0 Å². The quantitative estimate of drug-likeness (QED) is 0.498. The average Bonchev–Trinajstić information content (AvgIpc) is 2.40. The molecule has 0 fully saturated rings. The average molecular weight is 334 g/mol. The van der Waals surface area contributed by atoms with E-state index in [1.165, 1.54) is 10.9 Å². The van der Waals surface area contributed by atoms with Crippen LogP contribution in [0.15, 0.2) is 42.5 Å². The first-order valence-electron chi connectivity index (χ1n) is 7.17. The second-order valence-corrected chi connectivity index (χ2v) is 13.5. The Balaban J connectivity index is 2.42. The molecule has 2 atom stereocenters. The summed E-state index contributed by atoms with van der Waals surface area (Å²) in [4.78, 5) is 0. The number of aromatic hydroxyl groups is 1. The van der Waals surface area contributed by atoms with Gasteiger partial charge in [-0.15, -0.1) is 0 Å². The molecule has 0 heterocycles. The van der Waals surface area contributed by atoms with Crippen LogP contribution >= 0.6 is 21.2 Å². The first-order chi connectivity index (χ1) is 9.80. The minimum absolute atomic E-state index is 0.205. The Kier molecular flexibility index (Phi) is 5.18. The third-order valence-corrected chi connectivity index (χ3v) is 7.22. The SMILES string of the molecule is CC(S)c1ccccc1Pc1cccc([Si](C)(C)C)c1O. The summed E-state index contributed by atoms with van der Waals surface area (Å²) in [5.41, 5.74) is 1.25. The lowest BCUT2D eigenvalue weighted by molar-refractivity contribution is 0.483. The molecule has 0 aliphatic heterocycles. The predicted molar refractivity (Wildman–Crippen MR) is 103 cm³/mol. The Morgan fingerprint density at radius 1 is 1.00 bits per heavy atom. The molecule has 0 aromatic heterocycles. The van der Waals surface area contributed by atoms with Gasteiger partial charge in [-0.05, 0) is 23.0 Å². The summed E-state index contributed by atoms with van der Waals surface area (Å²) >= 11 is 4.56. The minimum Gasteiger partial charge on any atom is -0.507 e. The van der Waals surface area contributed by atoms with E-state index in [2.05, 4.69) is 69.5 Å². The second-order valence-electron chi connectivity index (χ2n) is 6.34. The molecule has 0 aliphatic rings. The van der Waals surface area contributed by atoms with Crippen LogP contribution in [0.2, 0.25) is 19.6 Å². The molecule has 0 radical (unpaired) electrons. The fourth-order valence-corrected chi connectivity index (χ4v) is 5.63. The maximum absolute atomic E-state index is 10.6. The zero-order valence-electron chi connectivity index (χ0n) is 13.0. The second kappa shape index (κ2) is 6.56. The number of benzene rings is 2. The van der Waals surface area contributed by atoms with E-state index in [4.69, 9.17) is 0 Å². The highest BCUT2D eigenvalue weighted by molar-refractivity contribution is 7.80. The number of thiol groups is 1. The summed E-state index contributed by atoms with van der Waals surface area (Å²) in [6.45, 7) is 8.88. The van der Waals surface area contributed by atoms with Crippen molar-refractivity contribution in [1.29, 1.82) is 0 Å². The molecule has 0 saturated heterocycles. The molecule has 2 unspecified atom stereocenters. The van der Waals surface area contributed by atoms with Gasteiger partial charge in [-0.25, -0.2) is 0 Å². The monoisotopic (exact) mass is 334 g/mol. The van der Waals surface area contributed by atoms with Crippen molar-refractivity contribution in [3.05, 3.63) is 48.0 Å². The van der Waals surface area contributed by atoms with Crippen molar-refractivity contribution in [3.8, 4) is 5.75 Å². The number of phenolic OH excluding ortho intramolecular Hbond substituents is 1. The lowest BCUT2D eigenvalue weighted by Gasteiger charge is -2.20. The Morgan fingerprint density at radius 3 is 2.24 bits per heavy atom. The van der Waals surface area contributed by atoms with Crippen LogP contribution < -0.4 is 15.8 Å². The van der Waals surface area contributed by atoms with Crippen LogP contribution in [0.3, 0.4) is 0 Å². The normalized spacial score (nSPS) is 13.8. The summed E-state index contributed by atoms with van der Waals surface area (Å²) in [6, 6.07) is 14.6. The van der Waals surface area contributed by atoms with Crippen molar-refractivity contribution in [2.24, 2.45) is 0 Å². The third-order valence-electron chi connectivity index (χ3n) is 3.52. The van der Waals surface area contributed by atoms with Gasteiger partial charge in [0.1, 0.15) is 5.75 Å². The molecule has 112 valence electrons. The van der Waals surface area contributed by atoms with Gasteiger partial charge in [0.25, 0.3) is 0 Å². The summed E-state index contributed by atoms with van der Waals surface area (Å²) in [5, 5.41) is 14.3. The highest BCUT2D eigenvalue weighted by Gasteiger charge is 2.22. The zero-order valence-corrected chi connectivity index (χ0v) is 15.9. The van der Waals surface area contributed by atoms with Gasteiger partial charge in [0.05, 0.1) is 8.07 Å². The van der Waals surface area contributed by atoms with E-state index in [-0.39, 0.29) is 5.25 Å². The number of hydrogen-bond donors (Lipinski definition) is 2. The predicted octanol–water partition coefficient (Wildman–Crippen LogP) is 3.56. The van der Waals surface area contributed by atoms with Gasteiger partial charge in [-0.3, -0.25) is 0 Å². The fraction of sp³-hybridized carbons (Fsp3) is 0.294. The Labute approximate surface area is 136 Å². The van der Waals surface area contributed by atoms with E-state index in [0.29, 0.717) is 14.3 Å². The molecule has 0 saturated carbocycles. The van der Waals surface area contributed by atoms with Crippen LogP contribution in [0.1, 0.15) is 17.7 Å².